The summed E-state index contributed by atoms with van der Waals surface area (Å²) in [5.41, 5.74) is 0. The average molecular weight is 341 g/mol. The number of aromatic nitrogens is 4. The Morgan fingerprint density at radius 3 is 2.45 bits per heavy atom. The number of anilines is 1. The maximum atomic E-state index is 6.23. The second kappa shape index (κ2) is 6.40. The van der Waals surface area contributed by atoms with Crippen LogP contribution < -0.4 is 4.90 Å². The van der Waals surface area contributed by atoms with Gasteiger partial charge in [-0.05, 0) is 13.0 Å². The second-order valence-electron chi connectivity index (χ2n) is 5.44. The van der Waals surface area contributed by atoms with Gasteiger partial charge < -0.3 is 9.47 Å². The summed E-state index contributed by atoms with van der Waals surface area (Å²) in [6.07, 6.45) is 1.64. The lowest BCUT2D eigenvalue weighted by atomic mass is 10.3. The van der Waals surface area contributed by atoms with Crippen LogP contribution in [0.2, 0.25) is 10.0 Å². The van der Waals surface area contributed by atoms with Crippen molar-refractivity contribution in [2.24, 2.45) is 7.05 Å². The van der Waals surface area contributed by atoms with Crippen LogP contribution >= 0.6 is 23.2 Å². The Kier molecular flexibility index (Phi) is 4.52. The van der Waals surface area contributed by atoms with E-state index >= 15 is 0 Å². The topological polar surface area (TPSA) is 50.1 Å². The molecular formula is C14H18Cl2N6. The Hall–Kier alpha value is -1.37. The first-order valence-corrected chi connectivity index (χ1v) is 7.93. The van der Waals surface area contributed by atoms with Gasteiger partial charge in [-0.25, -0.2) is 4.98 Å². The predicted octanol–water partition coefficient (Wildman–Crippen LogP) is 2.15. The maximum Gasteiger partial charge on any atom is 0.147 e. The molecule has 2 aromatic heterocycles. The first-order chi connectivity index (χ1) is 10.5. The zero-order valence-corrected chi connectivity index (χ0v) is 14.1. The summed E-state index contributed by atoms with van der Waals surface area (Å²) >= 11 is 12.1. The molecule has 0 aromatic carbocycles. The molecular weight excluding hydrogens is 323 g/mol. The third-order valence-electron chi connectivity index (χ3n) is 4.01. The summed E-state index contributed by atoms with van der Waals surface area (Å²) in [7, 11) is 2.00. The fourth-order valence-electron chi connectivity index (χ4n) is 2.55. The van der Waals surface area contributed by atoms with Crippen LogP contribution in [0.5, 0.6) is 0 Å². The van der Waals surface area contributed by atoms with Gasteiger partial charge in [-0.3, -0.25) is 4.90 Å². The highest BCUT2D eigenvalue weighted by molar-refractivity contribution is 6.36. The van der Waals surface area contributed by atoms with Crippen molar-refractivity contribution in [1.82, 2.24) is 24.6 Å². The van der Waals surface area contributed by atoms with Crippen molar-refractivity contribution in [3.05, 3.63) is 34.0 Å². The van der Waals surface area contributed by atoms with Crippen LogP contribution in [0, 0.1) is 6.92 Å². The first kappa shape index (κ1) is 15.5. The van der Waals surface area contributed by atoms with E-state index in [0.717, 1.165) is 50.2 Å². The van der Waals surface area contributed by atoms with Crippen LogP contribution in [0.3, 0.4) is 0 Å². The first-order valence-electron chi connectivity index (χ1n) is 7.18. The molecule has 0 amide bonds. The van der Waals surface area contributed by atoms with Crippen molar-refractivity contribution in [3.8, 4) is 0 Å². The zero-order valence-electron chi connectivity index (χ0n) is 12.6. The van der Waals surface area contributed by atoms with E-state index in [1.54, 1.807) is 12.3 Å². The smallest absolute Gasteiger partial charge is 0.147 e. The number of nitrogens with zero attached hydrogens (tertiary/aromatic N) is 6. The van der Waals surface area contributed by atoms with Gasteiger partial charge in [0.05, 0.1) is 16.6 Å². The third-order valence-corrected chi connectivity index (χ3v) is 4.49. The molecule has 0 radical (unpaired) electrons. The number of hydrogen-bond donors (Lipinski definition) is 0. The van der Waals surface area contributed by atoms with E-state index in [2.05, 4.69) is 25.0 Å². The molecule has 0 N–H and O–H groups in total. The summed E-state index contributed by atoms with van der Waals surface area (Å²) in [5.74, 6) is 2.74. The highest BCUT2D eigenvalue weighted by Crippen LogP contribution is 2.26. The van der Waals surface area contributed by atoms with Crippen LogP contribution in [-0.4, -0.2) is 50.8 Å². The molecule has 1 saturated heterocycles. The van der Waals surface area contributed by atoms with E-state index in [0.29, 0.717) is 10.0 Å². The van der Waals surface area contributed by atoms with Gasteiger partial charge in [-0.15, -0.1) is 10.2 Å². The fourth-order valence-corrected chi connectivity index (χ4v) is 3.05. The van der Waals surface area contributed by atoms with Gasteiger partial charge in [0.25, 0.3) is 0 Å². The number of pyridine rings is 1. The molecule has 1 fully saturated rings. The van der Waals surface area contributed by atoms with Crippen LogP contribution in [0.4, 0.5) is 5.82 Å². The molecule has 22 heavy (non-hydrogen) atoms. The van der Waals surface area contributed by atoms with Crippen LogP contribution in [0.15, 0.2) is 12.3 Å². The molecule has 0 atom stereocenters. The van der Waals surface area contributed by atoms with Crippen molar-refractivity contribution in [2.45, 2.75) is 13.5 Å². The summed E-state index contributed by atoms with van der Waals surface area (Å²) in [6.45, 7) is 6.41. The van der Waals surface area contributed by atoms with Crippen molar-refractivity contribution >= 4 is 29.0 Å². The van der Waals surface area contributed by atoms with E-state index in [9.17, 15) is 0 Å². The summed E-state index contributed by atoms with van der Waals surface area (Å²) in [4.78, 5) is 8.90. The molecule has 6 nitrogen and oxygen atoms in total. The minimum Gasteiger partial charge on any atom is -0.353 e. The molecule has 0 bridgehead atoms. The molecule has 1 aliphatic rings. The van der Waals surface area contributed by atoms with E-state index in [1.165, 1.54) is 0 Å². The number of hydrogen-bond acceptors (Lipinski definition) is 5. The molecule has 0 spiro atoms. The van der Waals surface area contributed by atoms with Crippen molar-refractivity contribution < 1.29 is 0 Å². The Bertz CT molecular complexity index is 663. The van der Waals surface area contributed by atoms with Crippen molar-refractivity contribution in [1.29, 1.82) is 0 Å². The van der Waals surface area contributed by atoms with Crippen molar-refractivity contribution in [2.75, 3.05) is 31.1 Å². The standard InChI is InChI=1S/C14H18Cl2N6/c1-10-18-19-13(20(10)2)9-21-3-5-22(6-4-21)14-12(16)7-11(15)8-17-14/h7-8H,3-6,9H2,1-2H3. The SMILES string of the molecule is Cc1nnc(CN2CCN(c3ncc(Cl)cc3Cl)CC2)n1C. The van der Waals surface area contributed by atoms with E-state index in [-0.39, 0.29) is 0 Å². The lowest BCUT2D eigenvalue weighted by Crippen LogP contribution is -2.46. The summed E-state index contributed by atoms with van der Waals surface area (Å²) < 4.78 is 2.03. The van der Waals surface area contributed by atoms with Crippen LogP contribution in [0.1, 0.15) is 11.6 Å². The quantitative estimate of drug-likeness (QED) is 0.856. The molecule has 1 aliphatic heterocycles. The van der Waals surface area contributed by atoms with Gasteiger partial charge in [0.15, 0.2) is 0 Å². The Morgan fingerprint density at radius 1 is 1.14 bits per heavy atom. The molecule has 3 rings (SSSR count). The van der Waals surface area contributed by atoms with Crippen molar-refractivity contribution in [3.63, 3.8) is 0 Å². The van der Waals surface area contributed by atoms with Gasteiger partial charge >= 0.3 is 0 Å². The number of aryl methyl sites for hydroxylation is 1. The molecule has 118 valence electrons. The molecule has 0 aliphatic carbocycles. The Morgan fingerprint density at radius 2 is 1.86 bits per heavy atom. The van der Waals surface area contributed by atoms with E-state index in [4.69, 9.17) is 23.2 Å². The van der Waals surface area contributed by atoms with Gasteiger partial charge in [-0.2, -0.15) is 0 Å². The summed E-state index contributed by atoms with van der Waals surface area (Å²) in [5, 5.41) is 9.48. The Labute approximate surface area is 139 Å². The summed E-state index contributed by atoms with van der Waals surface area (Å²) in [6, 6.07) is 1.74. The lowest BCUT2D eigenvalue weighted by molar-refractivity contribution is 0.241. The molecule has 3 heterocycles. The monoisotopic (exact) mass is 340 g/mol. The van der Waals surface area contributed by atoms with Gasteiger partial charge in [-0.1, -0.05) is 23.2 Å². The number of halogens is 2. The highest BCUT2D eigenvalue weighted by atomic mass is 35.5. The molecule has 8 heteroatoms. The van der Waals surface area contributed by atoms with Gasteiger partial charge in [0.1, 0.15) is 17.5 Å². The van der Waals surface area contributed by atoms with Gasteiger partial charge in [0.2, 0.25) is 0 Å². The normalized spacial score (nSPS) is 16.3. The Balaban J connectivity index is 1.61. The number of piperazine rings is 1. The van der Waals surface area contributed by atoms with Gasteiger partial charge in [0, 0.05) is 39.4 Å². The highest BCUT2D eigenvalue weighted by Gasteiger charge is 2.21. The average Bonchev–Trinajstić information content (AvgIpc) is 2.80. The predicted molar refractivity (Wildman–Crippen MR) is 87.5 cm³/mol. The fraction of sp³-hybridized carbons (Fsp3) is 0.500. The van der Waals surface area contributed by atoms with Crippen LogP contribution in [0.25, 0.3) is 0 Å². The second-order valence-corrected chi connectivity index (χ2v) is 6.29. The van der Waals surface area contributed by atoms with E-state index in [1.807, 2.05) is 18.5 Å². The molecule has 0 saturated carbocycles. The van der Waals surface area contributed by atoms with E-state index < -0.39 is 0 Å². The minimum atomic E-state index is 0.560. The largest absolute Gasteiger partial charge is 0.353 e. The lowest BCUT2D eigenvalue weighted by Gasteiger charge is -2.35. The zero-order chi connectivity index (χ0) is 15.7. The third kappa shape index (κ3) is 3.19. The minimum absolute atomic E-state index is 0.560. The molecule has 0 unspecified atom stereocenters. The maximum absolute atomic E-state index is 6.23. The molecule has 2 aromatic rings. The number of rotatable bonds is 3. The van der Waals surface area contributed by atoms with Crippen LogP contribution in [-0.2, 0) is 13.6 Å².